The zero-order chi connectivity index (χ0) is 29.2. The van der Waals surface area contributed by atoms with E-state index in [1.807, 2.05) is 6.92 Å². The molecule has 10 nitrogen and oxygen atoms in total. The van der Waals surface area contributed by atoms with Crippen molar-refractivity contribution in [3.05, 3.63) is 94.6 Å². The smallest absolute Gasteiger partial charge is 0.272 e. The Morgan fingerprint density at radius 3 is 2.29 bits per heavy atom. The molecule has 0 aliphatic heterocycles. The molecule has 0 bridgehead atoms. The Balaban J connectivity index is 1.45. The highest BCUT2D eigenvalue weighted by Crippen LogP contribution is 2.28. The third kappa shape index (κ3) is 8.40. The number of aryl methyl sites for hydroxylation is 1. The van der Waals surface area contributed by atoms with Crippen LogP contribution in [0.5, 0.6) is 11.5 Å². The van der Waals surface area contributed by atoms with Gasteiger partial charge in [-0.25, -0.2) is 0 Å². The Morgan fingerprint density at radius 2 is 1.63 bits per heavy atom. The predicted molar refractivity (Wildman–Crippen MR) is 161 cm³/mol. The molecule has 0 saturated carbocycles. The second kappa shape index (κ2) is 14.1. The standard InChI is InChI=1S/C29H27N5O5S2/c1-18-33-34-29(41-18)32-26(35)17-40-22-12-10-21(11-13-22)30-28(37)23(31-27(36)20-7-5-4-6-8-20)15-19-9-14-24(38-2)25(16-19)39-3/h4-16H,17H2,1-3H3,(H,30,37)(H,31,36)(H,32,34,35)/b23-15-. The van der Waals surface area contributed by atoms with Crippen LogP contribution in [-0.2, 0) is 9.59 Å². The van der Waals surface area contributed by atoms with Crippen LogP contribution in [0.25, 0.3) is 6.08 Å². The van der Waals surface area contributed by atoms with E-state index in [0.717, 1.165) is 9.90 Å². The number of benzene rings is 3. The minimum Gasteiger partial charge on any atom is -0.493 e. The first-order valence-corrected chi connectivity index (χ1v) is 14.1. The van der Waals surface area contributed by atoms with E-state index in [9.17, 15) is 14.4 Å². The molecule has 1 heterocycles. The first-order valence-electron chi connectivity index (χ1n) is 12.3. The van der Waals surface area contributed by atoms with Gasteiger partial charge in [-0.05, 0) is 67.1 Å². The number of carbonyl (C=O) groups is 3. The summed E-state index contributed by atoms with van der Waals surface area (Å²) in [5.74, 6) is 0.0685. The summed E-state index contributed by atoms with van der Waals surface area (Å²) in [5.41, 5.74) is 1.58. The maximum atomic E-state index is 13.3. The van der Waals surface area contributed by atoms with Crippen molar-refractivity contribution >= 4 is 57.7 Å². The summed E-state index contributed by atoms with van der Waals surface area (Å²) in [5, 5.41) is 17.2. The number of nitrogens with zero attached hydrogens (tertiary/aromatic N) is 2. The van der Waals surface area contributed by atoms with E-state index in [4.69, 9.17) is 9.47 Å². The highest BCUT2D eigenvalue weighted by Gasteiger charge is 2.16. The zero-order valence-electron chi connectivity index (χ0n) is 22.5. The van der Waals surface area contributed by atoms with E-state index in [2.05, 4.69) is 26.1 Å². The van der Waals surface area contributed by atoms with E-state index in [-0.39, 0.29) is 17.4 Å². The maximum absolute atomic E-state index is 13.3. The van der Waals surface area contributed by atoms with E-state index < -0.39 is 11.8 Å². The van der Waals surface area contributed by atoms with Crippen LogP contribution in [0.2, 0.25) is 0 Å². The topological polar surface area (TPSA) is 132 Å². The third-order valence-electron chi connectivity index (χ3n) is 5.50. The Morgan fingerprint density at radius 1 is 0.902 bits per heavy atom. The highest BCUT2D eigenvalue weighted by molar-refractivity contribution is 8.00. The van der Waals surface area contributed by atoms with Gasteiger partial charge in [-0.3, -0.25) is 19.7 Å². The molecule has 41 heavy (non-hydrogen) atoms. The van der Waals surface area contributed by atoms with Gasteiger partial charge >= 0.3 is 0 Å². The van der Waals surface area contributed by atoms with Crippen LogP contribution in [0.4, 0.5) is 10.8 Å². The lowest BCUT2D eigenvalue weighted by Gasteiger charge is -2.13. The number of methoxy groups -OCH3 is 2. The summed E-state index contributed by atoms with van der Waals surface area (Å²) >= 11 is 2.65. The van der Waals surface area contributed by atoms with Crippen LogP contribution in [0.1, 0.15) is 20.9 Å². The van der Waals surface area contributed by atoms with Gasteiger partial charge in [0.15, 0.2) is 11.5 Å². The number of aromatic nitrogens is 2. The molecule has 0 saturated heterocycles. The lowest BCUT2D eigenvalue weighted by molar-refractivity contribution is -0.114. The van der Waals surface area contributed by atoms with Gasteiger partial charge in [0.05, 0.1) is 20.0 Å². The summed E-state index contributed by atoms with van der Waals surface area (Å²) in [7, 11) is 3.05. The quantitative estimate of drug-likeness (QED) is 0.164. The van der Waals surface area contributed by atoms with Crippen molar-refractivity contribution in [1.82, 2.24) is 15.5 Å². The average molecular weight is 590 g/mol. The van der Waals surface area contributed by atoms with Crippen molar-refractivity contribution in [2.75, 3.05) is 30.6 Å². The Labute approximate surface area is 245 Å². The van der Waals surface area contributed by atoms with E-state index in [1.165, 1.54) is 37.3 Å². The fourth-order valence-electron chi connectivity index (χ4n) is 3.54. The van der Waals surface area contributed by atoms with Gasteiger partial charge < -0.3 is 20.1 Å². The lowest BCUT2D eigenvalue weighted by Crippen LogP contribution is -2.30. The van der Waals surface area contributed by atoms with Crippen LogP contribution in [0.15, 0.2) is 83.4 Å². The molecule has 0 aliphatic rings. The summed E-state index contributed by atoms with van der Waals surface area (Å²) in [6.07, 6.45) is 1.56. The molecule has 1 aromatic heterocycles. The second-order valence-electron chi connectivity index (χ2n) is 8.43. The predicted octanol–water partition coefficient (Wildman–Crippen LogP) is 5.00. The van der Waals surface area contributed by atoms with Gasteiger partial charge in [-0.2, -0.15) is 0 Å². The molecule has 3 amide bonds. The molecule has 3 N–H and O–H groups in total. The fraction of sp³-hybridized carbons (Fsp3) is 0.138. The Kier molecular flexibility index (Phi) is 10.1. The molecule has 0 fully saturated rings. The molecule has 4 aromatic rings. The van der Waals surface area contributed by atoms with Gasteiger partial charge in [0.25, 0.3) is 11.8 Å². The number of hydrogen-bond donors (Lipinski definition) is 3. The number of carbonyl (C=O) groups excluding carboxylic acids is 3. The molecule has 0 radical (unpaired) electrons. The van der Waals surface area contributed by atoms with Crippen molar-refractivity contribution < 1.29 is 23.9 Å². The van der Waals surface area contributed by atoms with Crippen molar-refractivity contribution in [3.63, 3.8) is 0 Å². The van der Waals surface area contributed by atoms with Crippen LogP contribution in [0, 0.1) is 6.92 Å². The van der Waals surface area contributed by atoms with Crippen LogP contribution in [-0.4, -0.2) is 47.9 Å². The number of rotatable bonds is 11. The molecule has 12 heteroatoms. The largest absolute Gasteiger partial charge is 0.493 e. The highest BCUT2D eigenvalue weighted by atomic mass is 32.2. The third-order valence-corrected chi connectivity index (χ3v) is 7.27. The van der Waals surface area contributed by atoms with Crippen molar-refractivity contribution in [1.29, 1.82) is 0 Å². The van der Waals surface area contributed by atoms with Gasteiger partial charge in [0, 0.05) is 16.1 Å². The summed E-state index contributed by atoms with van der Waals surface area (Å²) in [6, 6.07) is 20.8. The number of ether oxygens (including phenoxy) is 2. The van der Waals surface area contributed by atoms with Crippen molar-refractivity contribution in [3.8, 4) is 11.5 Å². The molecule has 0 unspecified atom stereocenters. The molecule has 0 atom stereocenters. The monoisotopic (exact) mass is 589 g/mol. The van der Waals surface area contributed by atoms with Gasteiger partial charge in [0.2, 0.25) is 11.0 Å². The molecule has 0 aliphatic carbocycles. The molecule has 0 spiro atoms. The zero-order valence-corrected chi connectivity index (χ0v) is 24.1. The lowest BCUT2D eigenvalue weighted by atomic mass is 10.1. The normalized spacial score (nSPS) is 11.0. The van der Waals surface area contributed by atoms with Crippen molar-refractivity contribution in [2.24, 2.45) is 0 Å². The summed E-state index contributed by atoms with van der Waals surface area (Å²) < 4.78 is 10.7. The number of nitrogens with one attached hydrogen (secondary N) is 3. The first kappa shape index (κ1) is 29.3. The SMILES string of the molecule is COc1ccc(/C=C(\NC(=O)c2ccccc2)C(=O)Nc2ccc(SCC(=O)Nc3nnc(C)s3)cc2)cc1OC. The minimum atomic E-state index is -0.517. The van der Waals surface area contributed by atoms with Crippen LogP contribution >= 0.6 is 23.1 Å². The van der Waals surface area contributed by atoms with Crippen LogP contribution in [0.3, 0.4) is 0 Å². The second-order valence-corrected chi connectivity index (χ2v) is 10.7. The number of hydrogen-bond acceptors (Lipinski definition) is 9. The number of anilines is 2. The van der Waals surface area contributed by atoms with Gasteiger partial charge in [0.1, 0.15) is 10.7 Å². The van der Waals surface area contributed by atoms with E-state index in [0.29, 0.717) is 33.4 Å². The Hall–Kier alpha value is -4.68. The van der Waals surface area contributed by atoms with Gasteiger partial charge in [-0.1, -0.05) is 35.6 Å². The number of amides is 3. The number of thioether (sulfide) groups is 1. The van der Waals surface area contributed by atoms with Crippen LogP contribution < -0.4 is 25.4 Å². The molecule has 210 valence electrons. The molecule has 3 aromatic carbocycles. The van der Waals surface area contributed by atoms with E-state index in [1.54, 1.807) is 78.9 Å². The molecule has 4 rings (SSSR count). The maximum Gasteiger partial charge on any atom is 0.272 e. The minimum absolute atomic E-state index is 0.0353. The fourth-order valence-corrected chi connectivity index (χ4v) is 4.84. The van der Waals surface area contributed by atoms with E-state index >= 15 is 0 Å². The molecular formula is C29H27N5O5S2. The van der Waals surface area contributed by atoms with Crippen molar-refractivity contribution in [2.45, 2.75) is 11.8 Å². The van der Waals surface area contributed by atoms with Gasteiger partial charge in [-0.15, -0.1) is 22.0 Å². The summed E-state index contributed by atoms with van der Waals surface area (Å²) in [4.78, 5) is 39.2. The first-order chi connectivity index (χ1) is 19.8. The average Bonchev–Trinajstić information content (AvgIpc) is 3.40. The summed E-state index contributed by atoms with van der Waals surface area (Å²) in [6.45, 7) is 1.81. The molecular weight excluding hydrogens is 562 g/mol. The Bertz CT molecular complexity index is 1560.